The van der Waals surface area contributed by atoms with Crippen LogP contribution in [-0.4, -0.2) is 60.8 Å². The maximum atomic E-state index is 12.0. The average Bonchev–Trinajstić information content (AvgIpc) is 2.69. The van der Waals surface area contributed by atoms with Gasteiger partial charge in [-0.25, -0.2) is 4.79 Å². The quantitative estimate of drug-likeness (QED) is 0.777. The smallest absolute Gasteiger partial charge is 0.410 e. The van der Waals surface area contributed by atoms with Gasteiger partial charge in [-0.1, -0.05) is 25.1 Å². The molecule has 5 nitrogen and oxygen atoms in total. The fourth-order valence-corrected chi connectivity index (χ4v) is 3.63. The fourth-order valence-electron chi connectivity index (χ4n) is 3.63. The molecule has 1 saturated heterocycles. The molecule has 0 N–H and O–H groups in total. The Balaban J connectivity index is 1.48. The number of likely N-dealkylation sites (N-methyl/N-ethyl adjacent to an activating group) is 1. The Hall–Kier alpha value is -2.01. The van der Waals surface area contributed by atoms with Gasteiger partial charge in [0.1, 0.15) is 11.9 Å². The minimum Gasteiger partial charge on any atom is -0.490 e. The van der Waals surface area contributed by atoms with Crippen molar-refractivity contribution in [3.8, 4) is 5.75 Å². The highest BCUT2D eigenvalue weighted by molar-refractivity contribution is 5.68. The molecule has 148 valence electrons. The van der Waals surface area contributed by atoms with Gasteiger partial charge in [0, 0.05) is 39.0 Å². The molecular weight excluding hydrogens is 340 g/mol. The second-order valence-corrected chi connectivity index (χ2v) is 7.63. The number of rotatable bonds is 5. The van der Waals surface area contributed by atoms with Crippen LogP contribution in [0.15, 0.2) is 30.3 Å². The fraction of sp³-hybridized carbons (Fsp3) is 0.591. The third-order valence-electron chi connectivity index (χ3n) is 5.31. The van der Waals surface area contributed by atoms with E-state index in [1.807, 2.05) is 13.8 Å². The van der Waals surface area contributed by atoms with Gasteiger partial charge in [-0.3, -0.25) is 4.90 Å². The average molecular weight is 373 g/mol. The Morgan fingerprint density at radius 3 is 2.41 bits per heavy atom. The molecule has 1 amide bonds. The zero-order valence-electron chi connectivity index (χ0n) is 16.8. The van der Waals surface area contributed by atoms with E-state index < -0.39 is 0 Å². The zero-order chi connectivity index (χ0) is 19.2. The summed E-state index contributed by atoms with van der Waals surface area (Å²) in [4.78, 5) is 16.2. The van der Waals surface area contributed by atoms with Crippen LogP contribution in [0.5, 0.6) is 5.75 Å². The molecule has 2 heterocycles. The Bertz CT molecular complexity index is 646. The predicted molar refractivity (Wildman–Crippen MR) is 108 cm³/mol. The third kappa shape index (κ3) is 5.48. The van der Waals surface area contributed by atoms with Crippen LogP contribution in [-0.2, 0) is 4.74 Å². The summed E-state index contributed by atoms with van der Waals surface area (Å²) >= 11 is 0. The molecule has 2 aliphatic rings. The van der Waals surface area contributed by atoms with E-state index in [-0.39, 0.29) is 18.3 Å². The first-order valence-corrected chi connectivity index (χ1v) is 10.2. The van der Waals surface area contributed by atoms with Crippen molar-refractivity contribution in [3.63, 3.8) is 0 Å². The maximum absolute atomic E-state index is 12.0. The van der Waals surface area contributed by atoms with Crippen LogP contribution < -0.4 is 4.74 Å². The first-order chi connectivity index (χ1) is 13.0. The largest absolute Gasteiger partial charge is 0.490 e. The number of carbonyl (C=O) groups excluding carboxylic acids is 1. The topological polar surface area (TPSA) is 42.0 Å². The van der Waals surface area contributed by atoms with Gasteiger partial charge in [0.25, 0.3) is 0 Å². The van der Waals surface area contributed by atoms with Crippen molar-refractivity contribution in [2.75, 3.05) is 32.7 Å². The lowest BCUT2D eigenvalue weighted by molar-refractivity contribution is 0.0517. The van der Waals surface area contributed by atoms with Gasteiger partial charge in [0.15, 0.2) is 0 Å². The molecule has 3 rings (SSSR count). The summed E-state index contributed by atoms with van der Waals surface area (Å²) < 4.78 is 11.4. The summed E-state index contributed by atoms with van der Waals surface area (Å²) in [7, 11) is 0. The van der Waals surface area contributed by atoms with Crippen LogP contribution in [0.25, 0.3) is 5.57 Å². The Morgan fingerprint density at radius 1 is 1.15 bits per heavy atom. The van der Waals surface area contributed by atoms with Crippen LogP contribution in [0.1, 0.15) is 45.6 Å². The minimum absolute atomic E-state index is 0.0747. The molecule has 0 atom stereocenters. The van der Waals surface area contributed by atoms with Crippen LogP contribution in [0.3, 0.4) is 0 Å². The van der Waals surface area contributed by atoms with Crippen molar-refractivity contribution in [1.29, 1.82) is 0 Å². The lowest BCUT2D eigenvalue weighted by atomic mass is 9.99. The number of likely N-dealkylation sites (tertiary alicyclic amines) is 1. The first kappa shape index (κ1) is 19.7. The summed E-state index contributed by atoms with van der Waals surface area (Å²) in [5.41, 5.74) is 2.73. The predicted octanol–water partition coefficient (Wildman–Crippen LogP) is 4.18. The molecule has 0 radical (unpaired) electrons. The van der Waals surface area contributed by atoms with Gasteiger partial charge in [-0.05, 0) is 50.1 Å². The van der Waals surface area contributed by atoms with E-state index in [0.29, 0.717) is 13.1 Å². The molecule has 0 aromatic heterocycles. The molecule has 0 aliphatic carbocycles. The second kappa shape index (κ2) is 9.27. The van der Waals surface area contributed by atoms with Crippen LogP contribution in [0.4, 0.5) is 4.79 Å². The number of amides is 1. The van der Waals surface area contributed by atoms with Crippen molar-refractivity contribution < 1.29 is 14.3 Å². The molecule has 0 unspecified atom stereocenters. The number of ether oxygens (including phenoxy) is 2. The Kier molecular flexibility index (Phi) is 6.78. The standard InChI is InChI=1S/C22H32N2O3/c1-4-23-13-9-19(10-14-23)18-5-7-20(8-6-18)27-21-11-15-24(16-12-21)22(25)26-17(2)3/h5-9,17,21H,4,10-16H2,1-3H3. The first-order valence-electron chi connectivity index (χ1n) is 10.2. The molecular formula is C22H32N2O3. The summed E-state index contributed by atoms with van der Waals surface area (Å²) in [6, 6.07) is 8.47. The van der Waals surface area contributed by atoms with E-state index in [0.717, 1.165) is 44.6 Å². The number of benzene rings is 1. The van der Waals surface area contributed by atoms with Crippen molar-refractivity contribution >= 4 is 11.7 Å². The molecule has 2 aliphatic heterocycles. The highest BCUT2D eigenvalue weighted by Gasteiger charge is 2.25. The number of nitrogens with zero attached hydrogens (tertiary/aromatic N) is 2. The summed E-state index contributed by atoms with van der Waals surface area (Å²) in [6.07, 6.45) is 5.00. The third-order valence-corrected chi connectivity index (χ3v) is 5.31. The number of piperidine rings is 1. The lowest BCUT2D eigenvalue weighted by Crippen LogP contribution is -2.42. The molecule has 1 aromatic rings. The Morgan fingerprint density at radius 2 is 1.85 bits per heavy atom. The van der Waals surface area contributed by atoms with Crippen LogP contribution >= 0.6 is 0 Å². The van der Waals surface area contributed by atoms with E-state index in [1.165, 1.54) is 11.1 Å². The van der Waals surface area contributed by atoms with Crippen molar-refractivity contribution in [2.24, 2.45) is 0 Å². The van der Waals surface area contributed by atoms with Crippen molar-refractivity contribution in [1.82, 2.24) is 9.80 Å². The van der Waals surface area contributed by atoms with Crippen LogP contribution in [0, 0.1) is 0 Å². The molecule has 5 heteroatoms. The van der Waals surface area contributed by atoms with Gasteiger partial charge in [-0.2, -0.15) is 0 Å². The van der Waals surface area contributed by atoms with E-state index in [2.05, 4.69) is 42.2 Å². The lowest BCUT2D eigenvalue weighted by Gasteiger charge is -2.32. The van der Waals surface area contributed by atoms with E-state index in [4.69, 9.17) is 9.47 Å². The summed E-state index contributed by atoms with van der Waals surface area (Å²) in [5, 5.41) is 0. The van der Waals surface area contributed by atoms with Gasteiger partial charge >= 0.3 is 6.09 Å². The number of carbonyl (C=O) groups is 1. The molecule has 1 aromatic carbocycles. The molecule has 0 spiro atoms. The Labute approximate surface area is 162 Å². The zero-order valence-corrected chi connectivity index (χ0v) is 16.8. The molecule has 1 fully saturated rings. The van der Waals surface area contributed by atoms with Gasteiger partial charge in [0.2, 0.25) is 0 Å². The number of hydrogen-bond acceptors (Lipinski definition) is 4. The summed E-state index contributed by atoms with van der Waals surface area (Å²) in [5.74, 6) is 0.911. The normalized spacial score (nSPS) is 19.1. The van der Waals surface area contributed by atoms with E-state index in [9.17, 15) is 4.79 Å². The molecule has 0 saturated carbocycles. The molecule has 0 bridgehead atoms. The highest BCUT2D eigenvalue weighted by atomic mass is 16.6. The highest BCUT2D eigenvalue weighted by Crippen LogP contribution is 2.26. The van der Waals surface area contributed by atoms with Gasteiger partial charge in [-0.15, -0.1) is 0 Å². The minimum atomic E-state index is -0.213. The van der Waals surface area contributed by atoms with E-state index in [1.54, 1.807) is 4.90 Å². The second-order valence-electron chi connectivity index (χ2n) is 7.63. The van der Waals surface area contributed by atoms with E-state index >= 15 is 0 Å². The van der Waals surface area contributed by atoms with Gasteiger partial charge < -0.3 is 14.4 Å². The van der Waals surface area contributed by atoms with Crippen molar-refractivity contribution in [2.45, 2.75) is 52.2 Å². The van der Waals surface area contributed by atoms with Crippen molar-refractivity contribution in [3.05, 3.63) is 35.9 Å². The molecule has 27 heavy (non-hydrogen) atoms. The SMILES string of the molecule is CCN1CC=C(c2ccc(OC3CCN(C(=O)OC(C)C)CC3)cc2)CC1. The van der Waals surface area contributed by atoms with Gasteiger partial charge in [0.05, 0.1) is 6.10 Å². The summed E-state index contributed by atoms with van der Waals surface area (Å²) in [6.45, 7) is 10.6. The van der Waals surface area contributed by atoms with Crippen LogP contribution in [0.2, 0.25) is 0 Å². The monoisotopic (exact) mass is 372 g/mol. The maximum Gasteiger partial charge on any atom is 0.410 e. The number of hydrogen-bond donors (Lipinski definition) is 0.